The number of aromatic nitrogens is 2. The molecule has 1 aromatic carbocycles. The molecule has 0 bridgehead atoms. The van der Waals surface area contributed by atoms with Crippen molar-refractivity contribution in [2.75, 3.05) is 0 Å². The average Bonchev–Trinajstić information content (AvgIpc) is 3.28. The first kappa shape index (κ1) is 18.2. The van der Waals surface area contributed by atoms with Crippen LogP contribution in [0.15, 0.2) is 59.4 Å². The maximum Gasteiger partial charge on any atom is 0.244 e. The predicted molar refractivity (Wildman–Crippen MR) is 104 cm³/mol. The van der Waals surface area contributed by atoms with Gasteiger partial charge in [-0.1, -0.05) is 19.9 Å². The molecule has 2 heterocycles. The second-order valence-corrected chi connectivity index (χ2v) is 7.89. The van der Waals surface area contributed by atoms with E-state index >= 15 is 0 Å². The number of fused-ring (bicyclic) bond motifs is 1. The zero-order valence-corrected chi connectivity index (χ0v) is 15.9. The Morgan fingerprint density at radius 1 is 1.36 bits per heavy atom. The van der Waals surface area contributed by atoms with Gasteiger partial charge in [-0.15, -0.1) is 0 Å². The SMILES string of the molecule is CC1(C)Cc2c(cnn2-c2cccc(F)c2)[C@H](NC(=O)/C=C/c2ccco2)C1. The molecule has 0 saturated carbocycles. The van der Waals surface area contributed by atoms with Gasteiger partial charge < -0.3 is 9.73 Å². The Bertz CT molecular complexity index is 1020. The molecular formula is C22H22FN3O2. The Morgan fingerprint density at radius 3 is 2.96 bits per heavy atom. The number of carbonyl (C=O) groups excluding carboxylic acids is 1. The summed E-state index contributed by atoms with van der Waals surface area (Å²) in [7, 11) is 0. The van der Waals surface area contributed by atoms with Crippen LogP contribution in [0.1, 0.15) is 43.3 Å². The fraction of sp³-hybridized carbons (Fsp3) is 0.273. The molecule has 3 aromatic rings. The Kier molecular flexibility index (Phi) is 4.63. The summed E-state index contributed by atoms with van der Waals surface area (Å²) in [4.78, 5) is 12.4. The molecule has 144 valence electrons. The molecule has 1 amide bonds. The van der Waals surface area contributed by atoms with Gasteiger partial charge in [-0.3, -0.25) is 4.79 Å². The third-order valence-corrected chi connectivity index (χ3v) is 4.99. The number of benzene rings is 1. The molecule has 1 aliphatic rings. The van der Waals surface area contributed by atoms with Crippen LogP contribution in [-0.4, -0.2) is 15.7 Å². The highest BCUT2D eigenvalue weighted by molar-refractivity contribution is 5.91. The van der Waals surface area contributed by atoms with Crippen LogP contribution in [0.4, 0.5) is 4.39 Å². The molecule has 0 radical (unpaired) electrons. The van der Waals surface area contributed by atoms with E-state index < -0.39 is 0 Å². The summed E-state index contributed by atoms with van der Waals surface area (Å²) >= 11 is 0. The summed E-state index contributed by atoms with van der Waals surface area (Å²) in [6, 6.07) is 9.79. The van der Waals surface area contributed by atoms with Crippen molar-refractivity contribution in [1.29, 1.82) is 0 Å². The van der Waals surface area contributed by atoms with Crippen LogP contribution in [0.3, 0.4) is 0 Å². The summed E-state index contributed by atoms with van der Waals surface area (Å²) in [6.45, 7) is 4.33. The first-order valence-corrected chi connectivity index (χ1v) is 9.26. The highest BCUT2D eigenvalue weighted by atomic mass is 19.1. The van der Waals surface area contributed by atoms with Gasteiger partial charge in [0.15, 0.2) is 0 Å². The first-order valence-electron chi connectivity index (χ1n) is 9.26. The molecule has 5 nitrogen and oxygen atoms in total. The van der Waals surface area contributed by atoms with Gasteiger partial charge in [-0.05, 0) is 54.7 Å². The van der Waals surface area contributed by atoms with Crippen molar-refractivity contribution in [3.63, 3.8) is 0 Å². The minimum Gasteiger partial charge on any atom is -0.465 e. The Balaban J connectivity index is 1.61. The minimum absolute atomic E-state index is 0.0270. The maximum absolute atomic E-state index is 13.7. The topological polar surface area (TPSA) is 60.1 Å². The number of carbonyl (C=O) groups is 1. The number of rotatable bonds is 4. The van der Waals surface area contributed by atoms with E-state index in [2.05, 4.69) is 24.3 Å². The van der Waals surface area contributed by atoms with Crippen LogP contribution >= 0.6 is 0 Å². The van der Waals surface area contributed by atoms with E-state index in [9.17, 15) is 9.18 Å². The lowest BCUT2D eigenvalue weighted by atomic mass is 9.74. The molecule has 1 aliphatic carbocycles. The van der Waals surface area contributed by atoms with Crippen molar-refractivity contribution in [3.05, 3.63) is 77.8 Å². The number of furan rings is 1. The van der Waals surface area contributed by atoms with Crippen molar-refractivity contribution in [2.45, 2.75) is 32.7 Å². The van der Waals surface area contributed by atoms with E-state index in [1.165, 1.54) is 18.2 Å². The third-order valence-electron chi connectivity index (χ3n) is 4.99. The minimum atomic E-state index is -0.301. The van der Waals surface area contributed by atoms with E-state index in [0.29, 0.717) is 11.4 Å². The summed E-state index contributed by atoms with van der Waals surface area (Å²) in [5.41, 5.74) is 2.63. The van der Waals surface area contributed by atoms with E-state index in [1.54, 1.807) is 41.4 Å². The normalized spacial score (nSPS) is 18.2. The standard InChI is InChI=1S/C22H22FN3O2/c1-22(2)12-19(25-21(27)9-8-17-7-4-10-28-17)18-14-24-26(20(18)13-22)16-6-3-5-15(23)11-16/h3-11,14,19H,12-13H2,1-2H3,(H,25,27)/b9-8+/t19-/m1/s1. The number of hydrogen-bond donors (Lipinski definition) is 1. The molecule has 0 saturated heterocycles. The second-order valence-electron chi connectivity index (χ2n) is 7.89. The van der Waals surface area contributed by atoms with E-state index in [-0.39, 0.29) is 23.2 Å². The van der Waals surface area contributed by atoms with Crippen molar-refractivity contribution >= 4 is 12.0 Å². The molecule has 0 spiro atoms. The molecule has 2 aromatic heterocycles. The van der Waals surface area contributed by atoms with Gasteiger partial charge in [-0.25, -0.2) is 9.07 Å². The fourth-order valence-electron chi connectivity index (χ4n) is 3.77. The zero-order chi connectivity index (χ0) is 19.7. The fourth-order valence-corrected chi connectivity index (χ4v) is 3.77. The first-order chi connectivity index (χ1) is 13.4. The smallest absolute Gasteiger partial charge is 0.244 e. The molecular weight excluding hydrogens is 357 g/mol. The van der Waals surface area contributed by atoms with Crippen molar-refractivity contribution in [1.82, 2.24) is 15.1 Å². The van der Waals surface area contributed by atoms with Crippen molar-refractivity contribution < 1.29 is 13.6 Å². The van der Waals surface area contributed by atoms with Crippen LogP contribution in [0.25, 0.3) is 11.8 Å². The molecule has 0 fully saturated rings. The average molecular weight is 379 g/mol. The number of amides is 1. The predicted octanol–water partition coefficient (Wildman–Crippen LogP) is 4.45. The van der Waals surface area contributed by atoms with Gasteiger partial charge in [0.25, 0.3) is 0 Å². The van der Waals surface area contributed by atoms with Crippen LogP contribution in [0.2, 0.25) is 0 Å². The van der Waals surface area contributed by atoms with Gasteiger partial charge in [0.2, 0.25) is 5.91 Å². The molecule has 28 heavy (non-hydrogen) atoms. The summed E-state index contributed by atoms with van der Waals surface area (Å²) < 4.78 is 20.7. The number of hydrogen-bond acceptors (Lipinski definition) is 3. The quantitative estimate of drug-likeness (QED) is 0.682. The summed E-state index contributed by atoms with van der Waals surface area (Å²) in [6.07, 6.45) is 8.05. The Labute approximate surface area is 162 Å². The van der Waals surface area contributed by atoms with Crippen LogP contribution in [-0.2, 0) is 11.2 Å². The van der Waals surface area contributed by atoms with Gasteiger partial charge in [-0.2, -0.15) is 5.10 Å². The molecule has 1 atom stereocenters. The second kappa shape index (κ2) is 7.11. The maximum atomic E-state index is 13.7. The Morgan fingerprint density at radius 2 is 2.21 bits per heavy atom. The van der Waals surface area contributed by atoms with Gasteiger partial charge >= 0.3 is 0 Å². The monoisotopic (exact) mass is 379 g/mol. The van der Waals surface area contributed by atoms with E-state index in [4.69, 9.17) is 4.42 Å². The summed E-state index contributed by atoms with van der Waals surface area (Å²) in [5, 5.41) is 7.56. The molecule has 0 unspecified atom stereocenters. The van der Waals surface area contributed by atoms with Crippen molar-refractivity contribution in [2.24, 2.45) is 5.41 Å². The lowest BCUT2D eigenvalue weighted by Crippen LogP contribution is -2.36. The lowest BCUT2D eigenvalue weighted by Gasteiger charge is -2.35. The van der Waals surface area contributed by atoms with E-state index in [1.807, 2.05) is 6.07 Å². The van der Waals surface area contributed by atoms with Gasteiger partial charge in [0, 0.05) is 11.6 Å². The third kappa shape index (κ3) is 3.76. The molecule has 1 N–H and O–H groups in total. The van der Waals surface area contributed by atoms with E-state index in [0.717, 1.165) is 24.1 Å². The number of nitrogens with zero attached hydrogens (tertiary/aromatic N) is 2. The van der Waals surface area contributed by atoms with Crippen LogP contribution in [0, 0.1) is 11.2 Å². The number of nitrogens with one attached hydrogen (secondary N) is 1. The highest BCUT2D eigenvalue weighted by Crippen LogP contribution is 2.41. The molecule has 4 rings (SSSR count). The number of halogens is 1. The molecule has 6 heteroatoms. The van der Waals surface area contributed by atoms with Gasteiger partial charge in [0.1, 0.15) is 11.6 Å². The van der Waals surface area contributed by atoms with Crippen LogP contribution < -0.4 is 5.32 Å². The summed E-state index contributed by atoms with van der Waals surface area (Å²) in [5.74, 6) is 0.132. The largest absolute Gasteiger partial charge is 0.465 e. The molecule has 0 aliphatic heterocycles. The lowest BCUT2D eigenvalue weighted by molar-refractivity contribution is -0.117. The van der Waals surface area contributed by atoms with Gasteiger partial charge in [0.05, 0.1) is 29.9 Å². The highest BCUT2D eigenvalue weighted by Gasteiger charge is 2.35. The zero-order valence-electron chi connectivity index (χ0n) is 15.9. The van der Waals surface area contributed by atoms with Crippen molar-refractivity contribution in [3.8, 4) is 5.69 Å². The van der Waals surface area contributed by atoms with Crippen LogP contribution in [0.5, 0.6) is 0 Å². The Hall–Kier alpha value is -3.15.